The summed E-state index contributed by atoms with van der Waals surface area (Å²) in [6, 6.07) is 11.1. The minimum atomic E-state index is -0.538. The Hall–Kier alpha value is -2.76. The fourth-order valence-electron chi connectivity index (χ4n) is 3.28. The normalized spacial score (nSPS) is 17.8. The molecule has 0 bridgehead atoms. The van der Waals surface area contributed by atoms with Gasteiger partial charge in [-0.3, -0.25) is 9.59 Å². The molecule has 2 aromatic rings. The van der Waals surface area contributed by atoms with Crippen molar-refractivity contribution in [2.75, 3.05) is 13.1 Å². The molecule has 1 aliphatic rings. The van der Waals surface area contributed by atoms with Gasteiger partial charge in [-0.1, -0.05) is 18.2 Å². The second-order valence-corrected chi connectivity index (χ2v) is 6.42. The largest absolute Gasteiger partial charge is 0.364 e. The molecule has 1 aromatic heterocycles. The van der Waals surface area contributed by atoms with E-state index in [9.17, 15) is 9.59 Å². The number of hydrogen-bond acceptors (Lipinski definition) is 4. The lowest BCUT2D eigenvalue weighted by molar-refractivity contribution is 0.0759. The van der Waals surface area contributed by atoms with Crippen LogP contribution >= 0.6 is 0 Å². The minimum absolute atomic E-state index is 0.0966. The lowest BCUT2D eigenvalue weighted by Gasteiger charge is -2.20. The summed E-state index contributed by atoms with van der Waals surface area (Å²) in [5, 5.41) is 0. The van der Waals surface area contributed by atoms with Crippen molar-refractivity contribution in [2.45, 2.75) is 25.7 Å². The molecule has 6 nitrogen and oxygen atoms in total. The number of aromatic nitrogens is 2. The highest BCUT2D eigenvalue weighted by molar-refractivity contribution is 5.94. The highest BCUT2D eigenvalue weighted by atomic mass is 16.2. The van der Waals surface area contributed by atoms with Crippen molar-refractivity contribution in [3.8, 4) is 0 Å². The van der Waals surface area contributed by atoms with Crippen LogP contribution in [0, 0.1) is 5.92 Å². The van der Waals surface area contributed by atoms with Crippen molar-refractivity contribution in [2.24, 2.45) is 11.7 Å². The summed E-state index contributed by atoms with van der Waals surface area (Å²) in [6.07, 6.45) is 5.09. The third-order valence-corrected chi connectivity index (χ3v) is 4.63. The fraction of sp³-hybridized carbons (Fsp3) is 0.368. The molecule has 2 heterocycles. The van der Waals surface area contributed by atoms with Crippen LogP contribution in [0.4, 0.5) is 0 Å². The molecule has 2 N–H and O–H groups in total. The van der Waals surface area contributed by atoms with Crippen LogP contribution in [0.15, 0.2) is 42.7 Å². The SMILES string of the molecule is NC(=O)c1cc(CC2CCCN(C(=O)c3ccccc3)CC2)ncn1. The summed E-state index contributed by atoms with van der Waals surface area (Å²) in [4.78, 5) is 33.9. The smallest absolute Gasteiger partial charge is 0.267 e. The summed E-state index contributed by atoms with van der Waals surface area (Å²) < 4.78 is 0. The fourth-order valence-corrected chi connectivity index (χ4v) is 3.28. The summed E-state index contributed by atoms with van der Waals surface area (Å²) in [5.41, 5.74) is 7.09. The van der Waals surface area contributed by atoms with Crippen molar-refractivity contribution in [1.82, 2.24) is 14.9 Å². The first kappa shape index (κ1) is 17.1. The zero-order chi connectivity index (χ0) is 17.6. The van der Waals surface area contributed by atoms with E-state index in [0.29, 0.717) is 5.92 Å². The lowest BCUT2D eigenvalue weighted by atomic mass is 9.95. The Labute approximate surface area is 147 Å². The van der Waals surface area contributed by atoms with Gasteiger partial charge in [0.15, 0.2) is 0 Å². The zero-order valence-electron chi connectivity index (χ0n) is 14.1. The van der Waals surface area contributed by atoms with Crippen molar-refractivity contribution >= 4 is 11.8 Å². The van der Waals surface area contributed by atoms with E-state index in [1.165, 1.54) is 6.33 Å². The van der Waals surface area contributed by atoms with Crippen molar-refractivity contribution < 1.29 is 9.59 Å². The van der Waals surface area contributed by atoms with E-state index in [0.717, 1.165) is 50.0 Å². The summed E-state index contributed by atoms with van der Waals surface area (Å²) in [7, 11) is 0. The predicted octanol–water partition coefficient (Wildman–Crippen LogP) is 2.06. The van der Waals surface area contributed by atoms with Gasteiger partial charge in [0, 0.05) is 24.3 Å². The number of benzene rings is 1. The quantitative estimate of drug-likeness (QED) is 0.924. The molecule has 1 aliphatic heterocycles. The van der Waals surface area contributed by atoms with Crippen LogP contribution < -0.4 is 5.73 Å². The number of amides is 2. The standard InChI is InChI=1S/C19H22N4O2/c20-18(24)17-12-16(21-13-22-17)11-14-5-4-9-23(10-8-14)19(25)15-6-2-1-3-7-15/h1-3,6-7,12-14H,4-5,8-11H2,(H2,20,24). The molecule has 2 amide bonds. The second-order valence-electron chi connectivity index (χ2n) is 6.42. The van der Waals surface area contributed by atoms with Crippen LogP contribution in [0.2, 0.25) is 0 Å². The Bertz CT molecular complexity index is 748. The monoisotopic (exact) mass is 338 g/mol. The number of carbonyl (C=O) groups excluding carboxylic acids is 2. The summed E-state index contributed by atoms with van der Waals surface area (Å²) in [5.74, 6) is -0.00681. The van der Waals surface area contributed by atoms with E-state index in [4.69, 9.17) is 5.73 Å². The first-order chi connectivity index (χ1) is 12.1. The maximum Gasteiger partial charge on any atom is 0.267 e. The zero-order valence-corrected chi connectivity index (χ0v) is 14.1. The molecule has 1 unspecified atom stereocenters. The Morgan fingerprint density at radius 1 is 1.12 bits per heavy atom. The summed E-state index contributed by atoms with van der Waals surface area (Å²) in [6.45, 7) is 1.52. The molecule has 130 valence electrons. The molecule has 1 saturated heterocycles. The van der Waals surface area contributed by atoms with Gasteiger partial charge >= 0.3 is 0 Å². The number of carbonyl (C=O) groups is 2. The van der Waals surface area contributed by atoms with Gasteiger partial charge in [0.2, 0.25) is 0 Å². The minimum Gasteiger partial charge on any atom is -0.364 e. The van der Waals surface area contributed by atoms with E-state index < -0.39 is 5.91 Å². The number of nitrogens with two attached hydrogens (primary N) is 1. The van der Waals surface area contributed by atoms with Gasteiger partial charge in [0.1, 0.15) is 12.0 Å². The average Bonchev–Trinajstić information content (AvgIpc) is 2.87. The highest BCUT2D eigenvalue weighted by Gasteiger charge is 2.22. The number of primary amides is 1. The topological polar surface area (TPSA) is 89.2 Å². The Kier molecular flexibility index (Phi) is 5.38. The van der Waals surface area contributed by atoms with E-state index in [1.54, 1.807) is 6.07 Å². The van der Waals surface area contributed by atoms with Crippen molar-refractivity contribution in [3.05, 3.63) is 59.7 Å². The summed E-state index contributed by atoms with van der Waals surface area (Å²) >= 11 is 0. The Morgan fingerprint density at radius 3 is 2.68 bits per heavy atom. The van der Waals surface area contributed by atoms with E-state index in [2.05, 4.69) is 9.97 Å². The molecule has 0 radical (unpaired) electrons. The molecule has 1 atom stereocenters. The molecule has 0 aliphatic carbocycles. The third kappa shape index (κ3) is 4.41. The van der Waals surface area contributed by atoms with Crippen molar-refractivity contribution in [3.63, 3.8) is 0 Å². The first-order valence-electron chi connectivity index (χ1n) is 8.58. The Balaban J connectivity index is 1.61. The van der Waals surface area contributed by atoms with Crippen LogP contribution in [-0.4, -0.2) is 39.8 Å². The van der Waals surface area contributed by atoms with Gasteiger partial charge < -0.3 is 10.6 Å². The number of hydrogen-bond donors (Lipinski definition) is 1. The van der Waals surface area contributed by atoms with Crippen LogP contribution in [0.3, 0.4) is 0 Å². The Morgan fingerprint density at radius 2 is 1.92 bits per heavy atom. The predicted molar refractivity (Wildman–Crippen MR) is 93.9 cm³/mol. The molecular formula is C19H22N4O2. The van der Waals surface area contributed by atoms with E-state index in [1.807, 2.05) is 35.2 Å². The average molecular weight is 338 g/mol. The molecule has 25 heavy (non-hydrogen) atoms. The third-order valence-electron chi connectivity index (χ3n) is 4.63. The van der Waals surface area contributed by atoms with Gasteiger partial charge in [-0.15, -0.1) is 0 Å². The van der Waals surface area contributed by atoms with Crippen LogP contribution in [-0.2, 0) is 6.42 Å². The molecule has 1 fully saturated rings. The molecule has 6 heteroatoms. The maximum absolute atomic E-state index is 12.6. The van der Waals surface area contributed by atoms with Crippen LogP contribution in [0.25, 0.3) is 0 Å². The molecule has 0 spiro atoms. The molecule has 0 saturated carbocycles. The van der Waals surface area contributed by atoms with Gasteiger partial charge in [0.25, 0.3) is 11.8 Å². The van der Waals surface area contributed by atoms with Crippen molar-refractivity contribution in [1.29, 1.82) is 0 Å². The van der Waals surface area contributed by atoms with Gasteiger partial charge in [0.05, 0.1) is 0 Å². The van der Waals surface area contributed by atoms with Gasteiger partial charge in [-0.05, 0) is 49.8 Å². The lowest BCUT2D eigenvalue weighted by Crippen LogP contribution is -2.32. The van der Waals surface area contributed by atoms with Crippen LogP contribution in [0.1, 0.15) is 45.8 Å². The van der Waals surface area contributed by atoms with Crippen LogP contribution in [0.5, 0.6) is 0 Å². The maximum atomic E-state index is 12.6. The van der Waals surface area contributed by atoms with Gasteiger partial charge in [-0.2, -0.15) is 0 Å². The first-order valence-corrected chi connectivity index (χ1v) is 8.58. The number of nitrogens with zero attached hydrogens (tertiary/aromatic N) is 3. The molecular weight excluding hydrogens is 316 g/mol. The highest BCUT2D eigenvalue weighted by Crippen LogP contribution is 2.22. The molecule has 1 aromatic carbocycles. The van der Waals surface area contributed by atoms with E-state index in [-0.39, 0.29) is 11.6 Å². The second kappa shape index (κ2) is 7.88. The molecule has 3 rings (SSSR count). The van der Waals surface area contributed by atoms with E-state index >= 15 is 0 Å². The van der Waals surface area contributed by atoms with Gasteiger partial charge in [-0.25, -0.2) is 9.97 Å². The number of rotatable bonds is 4. The number of likely N-dealkylation sites (tertiary alicyclic amines) is 1.